The van der Waals surface area contributed by atoms with Gasteiger partial charge in [0.2, 0.25) is 5.95 Å². The molecular formula is C9H13N5O3. The zero-order chi connectivity index (χ0) is 12.4. The van der Waals surface area contributed by atoms with Gasteiger partial charge in [-0.3, -0.25) is 5.32 Å². The number of carboxylic acids is 1. The van der Waals surface area contributed by atoms with Gasteiger partial charge in [0.1, 0.15) is 12.4 Å². The molecule has 1 saturated heterocycles. The summed E-state index contributed by atoms with van der Waals surface area (Å²) in [5.74, 6) is -0.679. The number of anilines is 1. The van der Waals surface area contributed by atoms with Crippen LogP contribution in [-0.2, 0) is 11.8 Å². The van der Waals surface area contributed by atoms with E-state index < -0.39 is 18.0 Å². The molecule has 1 fully saturated rings. The molecule has 0 saturated carbocycles. The molecule has 8 nitrogen and oxygen atoms in total. The van der Waals surface area contributed by atoms with Crippen LogP contribution in [0.25, 0.3) is 0 Å². The molecule has 1 aliphatic rings. The molecular weight excluding hydrogens is 226 g/mol. The van der Waals surface area contributed by atoms with Gasteiger partial charge in [0.15, 0.2) is 0 Å². The molecule has 0 aliphatic carbocycles. The van der Waals surface area contributed by atoms with Crippen LogP contribution in [0.5, 0.6) is 0 Å². The minimum absolute atomic E-state index is 0.297. The first-order valence-electron chi connectivity index (χ1n) is 5.24. The topological polar surface area (TPSA) is 100 Å². The van der Waals surface area contributed by atoms with Crippen LogP contribution in [0.4, 0.5) is 10.7 Å². The molecule has 0 bridgehead atoms. The molecule has 2 heterocycles. The number of likely N-dealkylation sites (tertiary alicyclic amines) is 1. The second kappa shape index (κ2) is 4.40. The highest BCUT2D eigenvalue weighted by molar-refractivity contribution is 5.91. The van der Waals surface area contributed by atoms with Gasteiger partial charge in [-0.25, -0.2) is 14.3 Å². The molecule has 2 amide bonds. The SMILES string of the molecule is Cn1ncnc1NC(=O)N1CCC[C@@H]1C(=O)O. The van der Waals surface area contributed by atoms with Gasteiger partial charge < -0.3 is 10.0 Å². The number of hydrogen-bond acceptors (Lipinski definition) is 4. The molecule has 0 radical (unpaired) electrons. The molecule has 2 N–H and O–H groups in total. The molecule has 1 aliphatic heterocycles. The molecule has 1 aromatic rings. The highest BCUT2D eigenvalue weighted by atomic mass is 16.4. The molecule has 1 aromatic heterocycles. The van der Waals surface area contributed by atoms with E-state index in [-0.39, 0.29) is 0 Å². The van der Waals surface area contributed by atoms with Crippen molar-refractivity contribution in [3.8, 4) is 0 Å². The van der Waals surface area contributed by atoms with Crippen molar-refractivity contribution in [2.75, 3.05) is 11.9 Å². The predicted octanol–water partition coefficient (Wildman–Crippen LogP) is -0.104. The van der Waals surface area contributed by atoms with Gasteiger partial charge in [0.25, 0.3) is 0 Å². The molecule has 0 unspecified atom stereocenters. The Balaban J connectivity index is 2.05. The van der Waals surface area contributed by atoms with Crippen molar-refractivity contribution < 1.29 is 14.7 Å². The highest BCUT2D eigenvalue weighted by Crippen LogP contribution is 2.18. The minimum Gasteiger partial charge on any atom is -0.480 e. The summed E-state index contributed by atoms with van der Waals surface area (Å²) in [4.78, 5) is 27.9. The maximum absolute atomic E-state index is 11.9. The fourth-order valence-corrected chi connectivity index (χ4v) is 1.84. The van der Waals surface area contributed by atoms with Crippen molar-refractivity contribution in [2.45, 2.75) is 18.9 Å². The zero-order valence-electron chi connectivity index (χ0n) is 9.33. The van der Waals surface area contributed by atoms with Gasteiger partial charge >= 0.3 is 12.0 Å². The smallest absolute Gasteiger partial charge is 0.326 e. The van der Waals surface area contributed by atoms with Gasteiger partial charge in [0, 0.05) is 13.6 Å². The number of urea groups is 1. The lowest BCUT2D eigenvalue weighted by Gasteiger charge is -2.21. The van der Waals surface area contributed by atoms with Gasteiger partial charge in [-0.15, -0.1) is 0 Å². The highest BCUT2D eigenvalue weighted by Gasteiger charge is 2.34. The van der Waals surface area contributed by atoms with E-state index >= 15 is 0 Å². The third kappa shape index (κ3) is 2.19. The lowest BCUT2D eigenvalue weighted by molar-refractivity contribution is -0.141. The van der Waals surface area contributed by atoms with Crippen LogP contribution in [0, 0.1) is 0 Å². The summed E-state index contributed by atoms with van der Waals surface area (Å²) in [6.45, 7) is 0.445. The first-order valence-corrected chi connectivity index (χ1v) is 5.24. The van der Waals surface area contributed by atoms with Gasteiger partial charge in [-0.05, 0) is 12.8 Å². The van der Waals surface area contributed by atoms with E-state index in [0.717, 1.165) is 0 Å². The summed E-state index contributed by atoms with van der Waals surface area (Å²) < 4.78 is 1.41. The van der Waals surface area contributed by atoms with Crippen molar-refractivity contribution in [3.63, 3.8) is 0 Å². The maximum atomic E-state index is 11.9. The number of carboxylic acid groups (broad SMARTS) is 1. The van der Waals surface area contributed by atoms with Crippen LogP contribution < -0.4 is 5.32 Å². The molecule has 92 valence electrons. The van der Waals surface area contributed by atoms with Crippen LogP contribution in [0.1, 0.15) is 12.8 Å². The van der Waals surface area contributed by atoms with Crippen molar-refractivity contribution in [2.24, 2.45) is 7.05 Å². The summed E-state index contributed by atoms with van der Waals surface area (Å²) in [7, 11) is 1.64. The Kier molecular flexibility index (Phi) is 2.94. The number of hydrogen-bond donors (Lipinski definition) is 2. The van der Waals surface area contributed by atoms with E-state index in [1.165, 1.54) is 15.9 Å². The number of nitrogens with zero attached hydrogens (tertiary/aromatic N) is 4. The van der Waals surface area contributed by atoms with Gasteiger partial charge in [0.05, 0.1) is 0 Å². The van der Waals surface area contributed by atoms with E-state index in [0.29, 0.717) is 25.3 Å². The van der Waals surface area contributed by atoms with E-state index in [1.807, 2.05) is 0 Å². The lowest BCUT2D eigenvalue weighted by atomic mass is 10.2. The lowest BCUT2D eigenvalue weighted by Crippen LogP contribution is -2.43. The third-order valence-electron chi connectivity index (χ3n) is 2.73. The largest absolute Gasteiger partial charge is 0.480 e. The molecule has 0 spiro atoms. The van der Waals surface area contributed by atoms with E-state index in [4.69, 9.17) is 5.11 Å². The monoisotopic (exact) mass is 239 g/mol. The summed E-state index contributed by atoms with van der Waals surface area (Å²) >= 11 is 0. The minimum atomic E-state index is -0.976. The molecule has 8 heteroatoms. The molecule has 2 rings (SSSR count). The summed E-state index contributed by atoms with van der Waals surface area (Å²) in [6.07, 6.45) is 2.50. The van der Waals surface area contributed by atoms with Crippen LogP contribution in [-0.4, -0.2) is 49.4 Å². The average molecular weight is 239 g/mol. The standard InChI is InChI=1S/C9H13N5O3/c1-13-8(10-5-11-13)12-9(17)14-4-2-3-6(14)7(15)16/h5-6H,2-4H2,1H3,(H,15,16)(H,10,11,12,17)/t6-/m1/s1. The Labute approximate surface area is 97.2 Å². The van der Waals surface area contributed by atoms with Crippen molar-refractivity contribution in [1.29, 1.82) is 0 Å². The van der Waals surface area contributed by atoms with Crippen LogP contribution in [0.15, 0.2) is 6.33 Å². The van der Waals surface area contributed by atoms with Crippen LogP contribution in [0.2, 0.25) is 0 Å². The Morgan fingerprint density at radius 3 is 2.94 bits per heavy atom. The van der Waals surface area contributed by atoms with Crippen LogP contribution in [0.3, 0.4) is 0 Å². The van der Waals surface area contributed by atoms with E-state index in [2.05, 4.69) is 15.4 Å². The van der Waals surface area contributed by atoms with Gasteiger partial charge in [-0.2, -0.15) is 10.1 Å². The van der Waals surface area contributed by atoms with Crippen LogP contribution >= 0.6 is 0 Å². The van der Waals surface area contributed by atoms with E-state index in [1.54, 1.807) is 7.05 Å². The molecule has 17 heavy (non-hydrogen) atoms. The number of amides is 2. The summed E-state index contributed by atoms with van der Waals surface area (Å²) in [5, 5.41) is 15.3. The third-order valence-corrected chi connectivity index (χ3v) is 2.73. The number of carbonyl (C=O) groups excluding carboxylic acids is 1. The number of aromatic nitrogens is 3. The Bertz CT molecular complexity index is 444. The predicted molar refractivity (Wildman–Crippen MR) is 57.4 cm³/mol. The quantitative estimate of drug-likeness (QED) is 0.750. The van der Waals surface area contributed by atoms with Crippen molar-refractivity contribution in [1.82, 2.24) is 19.7 Å². The fraction of sp³-hybridized carbons (Fsp3) is 0.556. The maximum Gasteiger partial charge on any atom is 0.326 e. The first-order chi connectivity index (χ1) is 8.09. The second-order valence-corrected chi connectivity index (χ2v) is 3.83. The normalized spacial score (nSPS) is 19.4. The Morgan fingerprint density at radius 2 is 2.35 bits per heavy atom. The zero-order valence-corrected chi connectivity index (χ0v) is 9.33. The molecule has 1 atom stereocenters. The Hall–Kier alpha value is -2.12. The Morgan fingerprint density at radius 1 is 1.59 bits per heavy atom. The second-order valence-electron chi connectivity index (χ2n) is 3.83. The van der Waals surface area contributed by atoms with E-state index in [9.17, 15) is 9.59 Å². The number of aryl methyl sites for hydroxylation is 1. The average Bonchev–Trinajstić information content (AvgIpc) is 2.87. The summed E-state index contributed by atoms with van der Waals surface area (Å²) in [5.41, 5.74) is 0. The number of carbonyl (C=O) groups is 2. The van der Waals surface area contributed by atoms with Gasteiger partial charge in [-0.1, -0.05) is 0 Å². The number of aliphatic carboxylic acids is 1. The number of rotatable bonds is 2. The molecule has 0 aromatic carbocycles. The van der Waals surface area contributed by atoms with Crippen molar-refractivity contribution in [3.05, 3.63) is 6.33 Å². The fourth-order valence-electron chi connectivity index (χ4n) is 1.84. The first kappa shape index (κ1) is 11.4. The summed E-state index contributed by atoms with van der Waals surface area (Å²) in [6, 6.07) is -1.20. The number of nitrogens with one attached hydrogen (secondary N) is 1. The van der Waals surface area contributed by atoms with Crippen molar-refractivity contribution >= 4 is 17.9 Å².